The molecule has 0 radical (unpaired) electrons. The van der Waals surface area contributed by atoms with Gasteiger partial charge >= 0.3 is 0 Å². The Bertz CT molecular complexity index is 752. The number of likely N-dealkylation sites (N-methyl/N-ethyl adjacent to an activating group) is 1. The van der Waals surface area contributed by atoms with E-state index in [0.29, 0.717) is 29.6 Å². The van der Waals surface area contributed by atoms with Crippen LogP contribution in [0.15, 0.2) is 42.5 Å². The van der Waals surface area contributed by atoms with Crippen molar-refractivity contribution in [2.24, 2.45) is 0 Å². The van der Waals surface area contributed by atoms with Crippen LogP contribution in [-0.2, 0) is 17.9 Å². The molecular formula is C20H25ClN2O3. The largest absolute Gasteiger partial charge is 0.493 e. The van der Waals surface area contributed by atoms with Gasteiger partial charge in [-0.2, -0.15) is 0 Å². The number of carbonyl (C=O) groups excluding carboxylic acids is 1. The number of benzene rings is 2. The summed E-state index contributed by atoms with van der Waals surface area (Å²) in [6.07, 6.45) is 0. The van der Waals surface area contributed by atoms with Crippen LogP contribution in [0.25, 0.3) is 0 Å². The van der Waals surface area contributed by atoms with Crippen LogP contribution < -0.4 is 14.8 Å². The molecule has 0 aromatic heterocycles. The molecule has 6 heteroatoms. The quantitative estimate of drug-likeness (QED) is 0.766. The van der Waals surface area contributed by atoms with Gasteiger partial charge in [-0.15, -0.1) is 0 Å². The van der Waals surface area contributed by atoms with Crippen molar-refractivity contribution in [3.63, 3.8) is 0 Å². The molecule has 0 saturated heterocycles. The number of amides is 1. The molecule has 0 bridgehead atoms. The van der Waals surface area contributed by atoms with Gasteiger partial charge in [0.05, 0.1) is 20.3 Å². The number of hydrogen-bond acceptors (Lipinski definition) is 4. The zero-order chi connectivity index (χ0) is 19.1. The maximum absolute atomic E-state index is 12.4. The van der Waals surface area contributed by atoms with Gasteiger partial charge in [0.15, 0.2) is 11.5 Å². The molecule has 1 N–H and O–H groups in total. The normalized spacial score (nSPS) is 11.9. The Balaban J connectivity index is 1.95. The first-order valence-corrected chi connectivity index (χ1v) is 8.76. The Morgan fingerprint density at radius 1 is 1.15 bits per heavy atom. The van der Waals surface area contributed by atoms with E-state index in [-0.39, 0.29) is 11.9 Å². The van der Waals surface area contributed by atoms with Gasteiger partial charge in [-0.25, -0.2) is 0 Å². The topological polar surface area (TPSA) is 50.8 Å². The predicted octanol–water partition coefficient (Wildman–Crippen LogP) is 3.49. The molecule has 140 valence electrons. The van der Waals surface area contributed by atoms with Gasteiger partial charge in [0.25, 0.3) is 0 Å². The minimum absolute atomic E-state index is 0.0482. The standard InChI is InChI=1S/C20H25ClN2O3/c1-14(20(24)22-12-16-7-5-6-8-17(16)21)23(2)13-15-9-10-18(25-3)19(11-15)26-4/h5-11,14H,12-13H2,1-4H3,(H,22,24). The number of nitrogens with zero attached hydrogens (tertiary/aromatic N) is 1. The number of carbonyl (C=O) groups is 1. The van der Waals surface area contributed by atoms with Crippen molar-refractivity contribution in [3.05, 3.63) is 58.6 Å². The van der Waals surface area contributed by atoms with E-state index in [1.165, 1.54) is 0 Å². The second-order valence-corrected chi connectivity index (χ2v) is 6.50. The Hall–Kier alpha value is -2.24. The van der Waals surface area contributed by atoms with Gasteiger partial charge in [0.2, 0.25) is 5.91 Å². The zero-order valence-electron chi connectivity index (χ0n) is 15.6. The molecule has 26 heavy (non-hydrogen) atoms. The lowest BCUT2D eigenvalue weighted by Crippen LogP contribution is -2.42. The summed E-state index contributed by atoms with van der Waals surface area (Å²) >= 11 is 6.13. The maximum atomic E-state index is 12.4. The van der Waals surface area contributed by atoms with Crippen LogP contribution in [0.2, 0.25) is 5.02 Å². The molecule has 5 nitrogen and oxygen atoms in total. The summed E-state index contributed by atoms with van der Waals surface area (Å²) < 4.78 is 10.6. The van der Waals surface area contributed by atoms with Crippen LogP contribution in [-0.4, -0.2) is 38.1 Å². The fourth-order valence-corrected chi connectivity index (χ4v) is 2.78. The lowest BCUT2D eigenvalue weighted by molar-refractivity contribution is -0.125. The van der Waals surface area contributed by atoms with Crippen molar-refractivity contribution in [3.8, 4) is 11.5 Å². The van der Waals surface area contributed by atoms with Gasteiger partial charge in [-0.1, -0.05) is 35.9 Å². The van der Waals surface area contributed by atoms with Crippen molar-refractivity contribution >= 4 is 17.5 Å². The Morgan fingerprint density at radius 2 is 1.85 bits per heavy atom. The second kappa shape index (κ2) is 9.46. The van der Waals surface area contributed by atoms with Crippen LogP contribution in [0, 0.1) is 0 Å². The highest BCUT2D eigenvalue weighted by Gasteiger charge is 2.18. The molecule has 0 heterocycles. The summed E-state index contributed by atoms with van der Waals surface area (Å²) in [6.45, 7) is 2.90. The van der Waals surface area contributed by atoms with Crippen molar-refractivity contribution in [1.29, 1.82) is 0 Å². The molecule has 1 unspecified atom stereocenters. The summed E-state index contributed by atoms with van der Waals surface area (Å²) in [4.78, 5) is 14.4. The van der Waals surface area contributed by atoms with Gasteiger partial charge in [0, 0.05) is 18.1 Å². The Kier molecular flexibility index (Phi) is 7.30. The fraction of sp³-hybridized carbons (Fsp3) is 0.350. The predicted molar refractivity (Wildman–Crippen MR) is 104 cm³/mol. The van der Waals surface area contributed by atoms with Gasteiger partial charge < -0.3 is 14.8 Å². The maximum Gasteiger partial charge on any atom is 0.237 e. The molecule has 0 aliphatic carbocycles. The Morgan fingerprint density at radius 3 is 2.50 bits per heavy atom. The van der Waals surface area contributed by atoms with E-state index < -0.39 is 0 Å². The number of ether oxygens (including phenoxy) is 2. The van der Waals surface area contributed by atoms with Crippen LogP contribution in [0.3, 0.4) is 0 Å². The molecule has 1 atom stereocenters. The Labute approximate surface area is 159 Å². The third-order valence-electron chi connectivity index (χ3n) is 4.33. The molecule has 1 amide bonds. The van der Waals surface area contributed by atoms with Gasteiger partial charge in [-0.3, -0.25) is 9.69 Å². The molecule has 0 saturated carbocycles. The number of methoxy groups -OCH3 is 2. The van der Waals surface area contributed by atoms with E-state index >= 15 is 0 Å². The summed E-state index contributed by atoms with van der Waals surface area (Å²) in [5, 5.41) is 3.59. The van der Waals surface area contributed by atoms with Crippen LogP contribution in [0.4, 0.5) is 0 Å². The van der Waals surface area contributed by atoms with Crippen LogP contribution in [0.1, 0.15) is 18.1 Å². The third kappa shape index (κ3) is 5.13. The zero-order valence-corrected chi connectivity index (χ0v) is 16.3. The average Bonchev–Trinajstić information content (AvgIpc) is 2.66. The van der Waals surface area contributed by atoms with Crippen molar-refractivity contribution in [1.82, 2.24) is 10.2 Å². The summed E-state index contributed by atoms with van der Waals surface area (Å²) in [7, 11) is 5.13. The van der Waals surface area contributed by atoms with E-state index in [2.05, 4.69) is 5.32 Å². The average molecular weight is 377 g/mol. The minimum atomic E-state index is -0.286. The van der Waals surface area contributed by atoms with E-state index in [9.17, 15) is 4.79 Å². The summed E-state index contributed by atoms with van der Waals surface area (Å²) in [5.41, 5.74) is 1.94. The first kappa shape index (κ1) is 20.1. The fourth-order valence-electron chi connectivity index (χ4n) is 2.58. The first-order valence-electron chi connectivity index (χ1n) is 8.38. The molecule has 2 rings (SSSR count). The van der Waals surface area contributed by atoms with Gasteiger partial charge in [0.1, 0.15) is 0 Å². The van der Waals surface area contributed by atoms with Gasteiger partial charge in [-0.05, 0) is 43.3 Å². The molecule has 0 fully saturated rings. The smallest absolute Gasteiger partial charge is 0.237 e. The highest BCUT2D eigenvalue weighted by atomic mass is 35.5. The van der Waals surface area contributed by atoms with Crippen LogP contribution in [0.5, 0.6) is 11.5 Å². The summed E-state index contributed by atoms with van der Waals surface area (Å²) in [6, 6.07) is 13.0. The number of halogens is 1. The molecule has 2 aromatic carbocycles. The van der Waals surface area contributed by atoms with E-state index in [0.717, 1.165) is 11.1 Å². The highest BCUT2D eigenvalue weighted by Crippen LogP contribution is 2.28. The second-order valence-electron chi connectivity index (χ2n) is 6.09. The van der Waals surface area contributed by atoms with E-state index in [1.54, 1.807) is 14.2 Å². The molecule has 0 aliphatic rings. The lowest BCUT2D eigenvalue weighted by Gasteiger charge is -2.24. The van der Waals surface area contributed by atoms with Crippen molar-refractivity contribution in [2.45, 2.75) is 26.1 Å². The summed E-state index contributed by atoms with van der Waals surface area (Å²) in [5.74, 6) is 1.31. The molecular weight excluding hydrogens is 352 g/mol. The lowest BCUT2D eigenvalue weighted by atomic mass is 10.1. The van der Waals surface area contributed by atoms with Crippen LogP contribution >= 0.6 is 11.6 Å². The highest BCUT2D eigenvalue weighted by molar-refractivity contribution is 6.31. The van der Waals surface area contributed by atoms with Crippen molar-refractivity contribution in [2.75, 3.05) is 21.3 Å². The number of rotatable bonds is 8. The monoisotopic (exact) mass is 376 g/mol. The molecule has 0 aliphatic heterocycles. The SMILES string of the molecule is COc1ccc(CN(C)C(C)C(=O)NCc2ccccc2Cl)cc1OC. The third-order valence-corrected chi connectivity index (χ3v) is 4.70. The molecule has 0 spiro atoms. The number of hydrogen-bond donors (Lipinski definition) is 1. The molecule has 2 aromatic rings. The van der Waals surface area contributed by atoms with E-state index in [4.69, 9.17) is 21.1 Å². The minimum Gasteiger partial charge on any atom is -0.493 e. The number of nitrogens with one attached hydrogen (secondary N) is 1. The van der Waals surface area contributed by atoms with Crippen molar-refractivity contribution < 1.29 is 14.3 Å². The van der Waals surface area contributed by atoms with E-state index in [1.807, 2.05) is 61.3 Å². The first-order chi connectivity index (χ1) is 12.5.